The summed E-state index contributed by atoms with van der Waals surface area (Å²) in [5, 5.41) is 31.8. The van der Waals surface area contributed by atoms with Gasteiger partial charge in [0.2, 0.25) is 5.95 Å². The number of aliphatic hydroxyl groups is 3. The molecule has 0 bridgehead atoms. The molecule has 290 valence electrons. The zero-order valence-electron chi connectivity index (χ0n) is 26.8. The highest BCUT2D eigenvalue weighted by Gasteiger charge is 2.54. The second-order valence-corrected chi connectivity index (χ2v) is 15.8. The van der Waals surface area contributed by atoms with Crippen LogP contribution in [0.15, 0.2) is 15.9 Å². The lowest BCUT2D eigenvalue weighted by Crippen LogP contribution is -2.39. The third-order valence-electron chi connectivity index (χ3n) is 7.81. The first kappa shape index (κ1) is 39.1. The molecule has 53 heavy (non-hydrogen) atoms. The number of rotatable bonds is 13. The summed E-state index contributed by atoms with van der Waals surface area (Å²) >= 11 is 0. The van der Waals surface area contributed by atoms with Gasteiger partial charge in [0.05, 0.1) is 24.5 Å². The predicted octanol–water partition coefficient (Wildman–Crippen LogP) is -5.64. The zero-order valence-corrected chi connectivity index (χ0v) is 29.4. The average Bonchev–Trinajstić information content (AvgIpc) is 3.76. The molecule has 3 aromatic rings. The first-order valence-electron chi connectivity index (χ1n) is 14.6. The van der Waals surface area contributed by atoms with Crippen molar-refractivity contribution in [3.63, 3.8) is 0 Å². The van der Waals surface area contributed by atoms with Gasteiger partial charge in [-0.25, -0.2) is 13.6 Å². The summed E-state index contributed by atoms with van der Waals surface area (Å²) in [4.78, 5) is 77.7. The van der Waals surface area contributed by atoms with Crippen LogP contribution in [0.5, 0.6) is 0 Å². The van der Waals surface area contributed by atoms with Gasteiger partial charge in [0, 0.05) is 7.11 Å². The summed E-state index contributed by atoms with van der Waals surface area (Å²) in [6, 6.07) is 2.69. The van der Waals surface area contributed by atoms with E-state index in [1.165, 1.54) is 11.6 Å². The largest absolute Gasteiger partial charge is 0.756 e. The molecule has 0 spiro atoms. The molecule has 9 N–H and O–H groups in total. The van der Waals surface area contributed by atoms with Crippen LogP contribution < -0.4 is 37.3 Å². The van der Waals surface area contributed by atoms with E-state index in [1.54, 1.807) is 0 Å². The Labute approximate surface area is 293 Å². The van der Waals surface area contributed by atoms with Crippen molar-refractivity contribution >= 4 is 64.0 Å². The third kappa shape index (κ3) is 7.82. The minimum atomic E-state index is -6.36. The first-order valence-corrected chi connectivity index (χ1v) is 19.0. The molecular formula is C22H28N10O18P3-. The molecule has 0 radical (unpaired) electrons. The van der Waals surface area contributed by atoms with E-state index < -0.39 is 96.9 Å². The van der Waals surface area contributed by atoms with Crippen molar-refractivity contribution in [3.05, 3.63) is 27.0 Å². The Morgan fingerprint density at radius 2 is 1.53 bits per heavy atom. The van der Waals surface area contributed by atoms with E-state index in [1.807, 2.05) is 0 Å². The van der Waals surface area contributed by atoms with Crippen LogP contribution in [0.3, 0.4) is 0 Å². The van der Waals surface area contributed by atoms with E-state index in [4.69, 9.17) is 25.7 Å². The van der Waals surface area contributed by atoms with Crippen LogP contribution in [-0.2, 0) is 45.6 Å². The number of fused-ring (bicyclic) bond motifs is 2. The van der Waals surface area contributed by atoms with Gasteiger partial charge in [0.1, 0.15) is 37.6 Å². The summed E-state index contributed by atoms with van der Waals surface area (Å²) in [7, 11) is -15.8. The number of aliphatic hydroxyl groups excluding tert-OH is 3. The molecule has 6 rings (SSSR count). The molecule has 6 unspecified atom stereocenters. The summed E-state index contributed by atoms with van der Waals surface area (Å²) in [6.45, 7) is -2.25. The Bertz CT molecular complexity index is 2280. The number of imidazole rings is 1. The van der Waals surface area contributed by atoms with Gasteiger partial charge in [0.15, 0.2) is 23.5 Å². The van der Waals surface area contributed by atoms with Gasteiger partial charge in [-0.05, 0) is 0 Å². The lowest BCUT2D eigenvalue weighted by molar-refractivity contribution is -0.552. The number of anilines is 2. The van der Waals surface area contributed by atoms with E-state index in [0.29, 0.717) is 0 Å². The van der Waals surface area contributed by atoms with Crippen molar-refractivity contribution in [1.29, 1.82) is 0 Å². The zero-order chi connectivity index (χ0) is 38.8. The monoisotopic (exact) mass is 813 g/mol. The number of nitrogens with two attached hydrogens (primary N) is 2. The summed E-state index contributed by atoms with van der Waals surface area (Å²) < 4.78 is 73.3. The van der Waals surface area contributed by atoms with E-state index in [-0.39, 0.29) is 34.6 Å². The fraction of sp³-hybridized carbons (Fsp3) is 0.545. The minimum absolute atomic E-state index is 0.0220. The molecule has 3 aliphatic rings. The number of aromatic nitrogens is 6. The van der Waals surface area contributed by atoms with Crippen LogP contribution in [-0.4, -0.2) is 130 Å². The maximum Gasteiger partial charge on any atom is 0.465 e. The molecule has 31 heteroatoms. The van der Waals surface area contributed by atoms with E-state index in [2.05, 4.69) is 48.6 Å². The van der Waals surface area contributed by atoms with Crippen LogP contribution in [0, 0.1) is 0 Å². The van der Waals surface area contributed by atoms with Gasteiger partial charge in [-0.15, -0.1) is 4.58 Å². The smallest absolute Gasteiger partial charge is 0.465 e. The minimum Gasteiger partial charge on any atom is -0.756 e. The lowest BCUT2D eigenvalue weighted by atomic mass is 10.1. The second kappa shape index (κ2) is 14.2. The molecule has 2 saturated heterocycles. The van der Waals surface area contributed by atoms with Gasteiger partial charge in [0.25, 0.3) is 35.3 Å². The number of nitrogens with one attached hydrogen (secondary N) is 2. The molecular weight excluding hydrogens is 785 g/mol. The number of phosphoric ester groups is 2. The van der Waals surface area contributed by atoms with Gasteiger partial charge in [-0.3, -0.25) is 37.8 Å². The van der Waals surface area contributed by atoms with Crippen LogP contribution in [0.1, 0.15) is 6.23 Å². The van der Waals surface area contributed by atoms with Crippen molar-refractivity contribution in [3.8, 4) is 0 Å². The number of nitrogens with zero attached hydrogens (tertiary/aromatic N) is 6. The summed E-state index contributed by atoms with van der Waals surface area (Å²) in [5.41, 5.74) is 9.36. The van der Waals surface area contributed by atoms with Crippen LogP contribution in [0.4, 0.5) is 23.4 Å². The Balaban J connectivity index is 1.05. The molecule has 28 nitrogen and oxygen atoms in total. The highest BCUT2D eigenvalue weighted by molar-refractivity contribution is 7.65. The van der Waals surface area contributed by atoms with Crippen molar-refractivity contribution in [2.45, 2.75) is 49.1 Å². The SMILES string of the molecule is COC1C(O)[C@H]([N+]2=C=[N+](C)c3c2nc(N)[nH]c3=O)O[C@@H]1COP(=O)([O-])OP(=O)([O-])OP(=O)([O-])OC[C@H]1O[C@@H](n2cnc3c(=O)[nH]c(N)nc32)[C@@H](O)C1O. The molecule has 6 heterocycles. The normalized spacial score (nSPS) is 30.4. The second-order valence-electron chi connectivity index (χ2n) is 11.3. The maximum atomic E-state index is 12.4. The Morgan fingerprint density at radius 1 is 0.925 bits per heavy atom. The Hall–Kier alpha value is -3.62. The van der Waals surface area contributed by atoms with Crippen molar-refractivity contribution < 1.29 is 84.7 Å². The van der Waals surface area contributed by atoms with E-state index in [9.17, 15) is 53.3 Å². The Kier molecular flexibility index (Phi) is 10.5. The van der Waals surface area contributed by atoms with Crippen molar-refractivity contribution in [2.24, 2.45) is 0 Å². The average molecular weight is 813 g/mol. The van der Waals surface area contributed by atoms with Crippen LogP contribution in [0.25, 0.3) is 11.2 Å². The quantitative estimate of drug-likeness (QED) is 0.0624. The highest BCUT2D eigenvalue weighted by Crippen LogP contribution is 2.63. The molecule has 3 aromatic heterocycles. The van der Waals surface area contributed by atoms with Gasteiger partial charge in [-0.1, -0.05) is 4.58 Å². The number of nitrogen functional groups attached to an aromatic ring is 2. The molecule has 3 aliphatic heterocycles. The number of methoxy groups -OCH3 is 1. The first-order chi connectivity index (χ1) is 24.7. The number of H-pyrrole nitrogens is 2. The standard InChI is InChI=1S/C22H29N10O18P3/c1-30-6-32(16-10(30)18(37)29-22(24)27-16)20-13(35)14(44-2)8(48-20)4-46-52(40,41)50-53(42,43)49-51(38,39)45-3-7-11(33)12(34)19(47-7)31-5-25-9-15(31)26-21(23)28-17(9)36/h5,7-8,11-14,19-20,33-35H,3-4H2,1-2H3,(H7-2,23,24,26,27,28,29,36,37,38,39,40,41,42,43)/p-1/t7-,8-,11?,12+,13?,14?,19-,20-/m1/s1. The third-order valence-corrected chi connectivity index (χ3v) is 11.9. The number of aromatic amines is 2. The van der Waals surface area contributed by atoms with Crippen molar-refractivity contribution in [2.75, 3.05) is 38.8 Å². The lowest BCUT2D eigenvalue weighted by Gasteiger charge is -2.35. The molecule has 2 fully saturated rings. The summed E-state index contributed by atoms with van der Waals surface area (Å²) in [6.07, 6.45) is -11.7. The van der Waals surface area contributed by atoms with Gasteiger partial charge in [-0.2, -0.15) is 4.98 Å². The van der Waals surface area contributed by atoms with Crippen molar-refractivity contribution in [1.82, 2.24) is 29.5 Å². The fourth-order valence-corrected chi connectivity index (χ4v) is 8.98. The molecule has 0 aliphatic carbocycles. The maximum absolute atomic E-state index is 12.4. The highest BCUT2D eigenvalue weighted by atomic mass is 31.3. The summed E-state index contributed by atoms with van der Waals surface area (Å²) in [5.74, 6) is -0.692. The number of ether oxygens (including phenoxy) is 3. The number of hydrogen-bond acceptors (Lipinski definition) is 23. The Morgan fingerprint density at radius 3 is 2.17 bits per heavy atom. The predicted molar refractivity (Wildman–Crippen MR) is 161 cm³/mol. The van der Waals surface area contributed by atoms with Gasteiger partial charge < -0.3 is 64.7 Å². The van der Waals surface area contributed by atoms with E-state index >= 15 is 0 Å². The van der Waals surface area contributed by atoms with E-state index in [0.717, 1.165) is 22.6 Å². The number of phosphoric acid groups is 3. The van der Waals surface area contributed by atoms with Crippen LogP contribution in [0.2, 0.25) is 0 Å². The topological polar surface area (TPSA) is 413 Å². The van der Waals surface area contributed by atoms with Crippen LogP contribution >= 0.6 is 23.5 Å². The molecule has 0 amide bonds. The molecule has 0 aromatic carbocycles. The fourth-order valence-electron chi connectivity index (χ4n) is 5.60. The molecule has 11 atom stereocenters. The van der Waals surface area contributed by atoms with Gasteiger partial charge >= 0.3 is 29.0 Å². The molecule has 0 saturated carbocycles. The number of hydrogen-bond donors (Lipinski definition) is 7.